The number of hydrogen-bond donors (Lipinski definition) is 2. The minimum Gasteiger partial charge on any atom is -0.386 e. The third-order valence-electron chi connectivity index (χ3n) is 2.54. The van der Waals surface area contributed by atoms with Gasteiger partial charge in [-0.15, -0.1) is 11.3 Å². The van der Waals surface area contributed by atoms with Crippen LogP contribution in [0.15, 0.2) is 29.8 Å². The molecule has 2 aromatic rings. The fourth-order valence-electron chi connectivity index (χ4n) is 1.63. The lowest BCUT2D eigenvalue weighted by Gasteiger charge is -2.09. The standard InChI is InChI=1S/C12H17N3OS/c1-15-7-5-10(14-15)4-6-13-9-11(16)12-3-2-8-17-12/h2-3,5,7-8,11,13,16H,4,6,9H2,1H3. The Kier molecular flexibility index (Phi) is 4.30. The molecule has 2 aromatic heterocycles. The van der Waals surface area contributed by atoms with E-state index in [0.29, 0.717) is 6.54 Å². The molecule has 2 N–H and O–H groups in total. The van der Waals surface area contributed by atoms with Crippen molar-refractivity contribution in [2.75, 3.05) is 13.1 Å². The van der Waals surface area contributed by atoms with Crippen LogP contribution in [0.1, 0.15) is 16.7 Å². The van der Waals surface area contributed by atoms with Crippen LogP contribution >= 0.6 is 11.3 Å². The maximum atomic E-state index is 9.84. The van der Waals surface area contributed by atoms with Gasteiger partial charge < -0.3 is 10.4 Å². The number of nitrogens with one attached hydrogen (secondary N) is 1. The number of aliphatic hydroxyl groups excluding tert-OH is 1. The molecule has 0 fully saturated rings. The van der Waals surface area contributed by atoms with Crippen LogP contribution in [0.4, 0.5) is 0 Å². The van der Waals surface area contributed by atoms with Gasteiger partial charge in [-0.05, 0) is 17.5 Å². The second-order valence-corrected chi connectivity index (χ2v) is 4.95. The van der Waals surface area contributed by atoms with Gasteiger partial charge in [-0.2, -0.15) is 5.10 Å². The van der Waals surface area contributed by atoms with E-state index in [2.05, 4.69) is 10.4 Å². The zero-order valence-corrected chi connectivity index (χ0v) is 10.7. The highest BCUT2D eigenvalue weighted by molar-refractivity contribution is 7.10. The normalized spacial score (nSPS) is 12.8. The third-order valence-corrected chi connectivity index (χ3v) is 3.51. The summed E-state index contributed by atoms with van der Waals surface area (Å²) >= 11 is 1.58. The molecule has 0 bridgehead atoms. The Balaban J connectivity index is 1.66. The van der Waals surface area contributed by atoms with Crippen LogP contribution in [0.25, 0.3) is 0 Å². The zero-order valence-electron chi connectivity index (χ0n) is 9.84. The number of hydrogen-bond acceptors (Lipinski definition) is 4. The van der Waals surface area contributed by atoms with Gasteiger partial charge in [0.1, 0.15) is 6.10 Å². The molecule has 2 heterocycles. The Morgan fingerprint density at radius 1 is 1.53 bits per heavy atom. The second kappa shape index (κ2) is 5.95. The van der Waals surface area contributed by atoms with Gasteiger partial charge in [-0.3, -0.25) is 4.68 Å². The van der Waals surface area contributed by atoms with Crippen molar-refractivity contribution >= 4 is 11.3 Å². The Morgan fingerprint density at radius 3 is 3.06 bits per heavy atom. The maximum absolute atomic E-state index is 9.84. The van der Waals surface area contributed by atoms with E-state index in [0.717, 1.165) is 23.5 Å². The monoisotopic (exact) mass is 251 g/mol. The van der Waals surface area contributed by atoms with Crippen LogP contribution in [-0.2, 0) is 13.5 Å². The smallest absolute Gasteiger partial charge is 0.101 e. The van der Waals surface area contributed by atoms with Crippen molar-refractivity contribution in [3.63, 3.8) is 0 Å². The van der Waals surface area contributed by atoms with Crippen molar-refractivity contribution in [1.29, 1.82) is 0 Å². The summed E-state index contributed by atoms with van der Waals surface area (Å²) in [7, 11) is 1.91. The van der Waals surface area contributed by atoms with E-state index < -0.39 is 6.10 Å². The van der Waals surface area contributed by atoms with E-state index >= 15 is 0 Å². The molecular weight excluding hydrogens is 234 g/mol. The molecule has 0 radical (unpaired) electrons. The first-order valence-electron chi connectivity index (χ1n) is 5.66. The summed E-state index contributed by atoms with van der Waals surface area (Å²) in [5.74, 6) is 0. The molecule has 0 aliphatic rings. The lowest BCUT2D eigenvalue weighted by Crippen LogP contribution is -2.23. The summed E-state index contributed by atoms with van der Waals surface area (Å²) in [6.07, 6.45) is 2.42. The zero-order chi connectivity index (χ0) is 12.1. The quantitative estimate of drug-likeness (QED) is 0.762. The summed E-state index contributed by atoms with van der Waals surface area (Å²) < 4.78 is 1.80. The molecule has 4 nitrogen and oxygen atoms in total. The highest BCUT2D eigenvalue weighted by atomic mass is 32.1. The van der Waals surface area contributed by atoms with Crippen molar-refractivity contribution in [2.45, 2.75) is 12.5 Å². The highest BCUT2D eigenvalue weighted by Gasteiger charge is 2.07. The fourth-order valence-corrected chi connectivity index (χ4v) is 2.35. The van der Waals surface area contributed by atoms with Gasteiger partial charge in [0, 0.05) is 37.6 Å². The Morgan fingerprint density at radius 2 is 2.41 bits per heavy atom. The van der Waals surface area contributed by atoms with Crippen LogP contribution in [0, 0.1) is 0 Å². The average Bonchev–Trinajstić information content (AvgIpc) is 2.95. The predicted octanol–water partition coefficient (Wildman–Crippen LogP) is 1.35. The van der Waals surface area contributed by atoms with Crippen molar-refractivity contribution in [2.24, 2.45) is 7.05 Å². The molecule has 0 aliphatic carbocycles. The van der Waals surface area contributed by atoms with E-state index in [-0.39, 0.29) is 0 Å². The molecule has 1 unspecified atom stereocenters. The van der Waals surface area contributed by atoms with Crippen LogP contribution in [0.2, 0.25) is 0 Å². The summed E-state index contributed by atoms with van der Waals surface area (Å²) in [5.41, 5.74) is 1.07. The molecule has 1 atom stereocenters. The Bertz CT molecular complexity index is 438. The van der Waals surface area contributed by atoms with Crippen LogP contribution < -0.4 is 5.32 Å². The van der Waals surface area contributed by atoms with Crippen LogP contribution in [-0.4, -0.2) is 28.0 Å². The molecule has 17 heavy (non-hydrogen) atoms. The highest BCUT2D eigenvalue weighted by Crippen LogP contribution is 2.17. The van der Waals surface area contributed by atoms with Gasteiger partial charge in [0.15, 0.2) is 0 Å². The summed E-state index contributed by atoms with van der Waals surface area (Å²) in [5, 5.41) is 19.3. The number of rotatable bonds is 6. The molecular formula is C12H17N3OS. The molecule has 0 saturated carbocycles. The number of aromatic nitrogens is 2. The molecule has 2 rings (SSSR count). The predicted molar refractivity (Wildman–Crippen MR) is 69.1 cm³/mol. The van der Waals surface area contributed by atoms with Crippen molar-refractivity contribution < 1.29 is 5.11 Å². The van der Waals surface area contributed by atoms with E-state index in [1.54, 1.807) is 16.0 Å². The van der Waals surface area contributed by atoms with Gasteiger partial charge in [0.2, 0.25) is 0 Å². The van der Waals surface area contributed by atoms with Crippen LogP contribution in [0.5, 0.6) is 0 Å². The lowest BCUT2D eigenvalue weighted by atomic mass is 10.2. The van der Waals surface area contributed by atoms with Gasteiger partial charge in [0.25, 0.3) is 0 Å². The number of aliphatic hydroxyl groups is 1. The summed E-state index contributed by atoms with van der Waals surface area (Å²) in [6, 6.07) is 5.92. The van der Waals surface area contributed by atoms with E-state index in [4.69, 9.17) is 0 Å². The first-order valence-corrected chi connectivity index (χ1v) is 6.54. The topological polar surface area (TPSA) is 50.1 Å². The van der Waals surface area contributed by atoms with E-state index in [1.165, 1.54) is 0 Å². The number of nitrogens with zero attached hydrogens (tertiary/aromatic N) is 2. The largest absolute Gasteiger partial charge is 0.386 e. The van der Waals surface area contributed by atoms with Gasteiger partial charge in [-0.1, -0.05) is 6.07 Å². The molecule has 92 valence electrons. The molecule has 5 heteroatoms. The second-order valence-electron chi connectivity index (χ2n) is 3.97. The minimum absolute atomic E-state index is 0.404. The lowest BCUT2D eigenvalue weighted by molar-refractivity contribution is 0.179. The maximum Gasteiger partial charge on any atom is 0.101 e. The van der Waals surface area contributed by atoms with E-state index in [1.807, 2.05) is 36.8 Å². The van der Waals surface area contributed by atoms with E-state index in [9.17, 15) is 5.11 Å². The Hall–Kier alpha value is -1.17. The van der Waals surface area contributed by atoms with Gasteiger partial charge in [0.05, 0.1) is 5.69 Å². The summed E-state index contributed by atoms with van der Waals surface area (Å²) in [4.78, 5) is 1.01. The van der Waals surface area contributed by atoms with Gasteiger partial charge in [-0.25, -0.2) is 0 Å². The van der Waals surface area contributed by atoms with Gasteiger partial charge >= 0.3 is 0 Å². The third kappa shape index (κ3) is 3.66. The number of aryl methyl sites for hydroxylation is 1. The summed E-state index contributed by atoms with van der Waals surface area (Å²) in [6.45, 7) is 1.42. The number of thiophene rings is 1. The average molecular weight is 251 g/mol. The van der Waals surface area contributed by atoms with Crippen molar-refractivity contribution in [1.82, 2.24) is 15.1 Å². The molecule has 0 aromatic carbocycles. The molecule has 0 amide bonds. The molecule has 0 spiro atoms. The SMILES string of the molecule is Cn1ccc(CCNCC(O)c2cccs2)n1. The molecule has 0 aliphatic heterocycles. The molecule has 0 saturated heterocycles. The minimum atomic E-state index is -0.404. The van der Waals surface area contributed by atoms with Crippen molar-refractivity contribution in [3.05, 3.63) is 40.3 Å². The van der Waals surface area contributed by atoms with Crippen LogP contribution in [0.3, 0.4) is 0 Å². The van der Waals surface area contributed by atoms with Crippen molar-refractivity contribution in [3.8, 4) is 0 Å². The first kappa shape index (κ1) is 12.3. The Labute approximate surface area is 105 Å². The first-order chi connectivity index (χ1) is 8.25. The fraction of sp³-hybridized carbons (Fsp3) is 0.417.